The van der Waals surface area contributed by atoms with Gasteiger partial charge < -0.3 is 0 Å². The number of aryl methyl sites for hydroxylation is 1. The molecule has 2 heterocycles. The van der Waals surface area contributed by atoms with Gasteiger partial charge in [0.05, 0.1) is 16.8 Å². The summed E-state index contributed by atoms with van der Waals surface area (Å²) in [6.07, 6.45) is 2.63. The summed E-state index contributed by atoms with van der Waals surface area (Å²) in [6.45, 7) is 1.67. The van der Waals surface area contributed by atoms with E-state index in [2.05, 4.69) is 30.0 Å². The van der Waals surface area contributed by atoms with Crippen molar-refractivity contribution in [3.05, 3.63) is 59.0 Å². The Morgan fingerprint density at radius 3 is 2.54 bits per heavy atom. The SMILES string of the molecule is Cc1nc(NC(=O)c2ccc(NS(C)(=O)=O)cc2Cl)nc(-c2ccccn2)n1. The van der Waals surface area contributed by atoms with Crippen LogP contribution in [-0.2, 0) is 10.0 Å². The van der Waals surface area contributed by atoms with Crippen molar-refractivity contribution in [3.8, 4) is 11.5 Å². The Labute approximate surface area is 166 Å². The lowest BCUT2D eigenvalue weighted by atomic mass is 10.2. The molecule has 3 aromatic rings. The number of halogens is 1. The zero-order valence-electron chi connectivity index (χ0n) is 14.8. The molecule has 0 aliphatic heterocycles. The molecule has 0 aliphatic carbocycles. The van der Waals surface area contributed by atoms with Gasteiger partial charge in [-0.1, -0.05) is 17.7 Å². The summed E-state index contributed by atoms with van der Waals surface area (Å²) in [4.78, 5) is 29.3. The van der Waals surface area contributed by atoms with Crippen LogP contribution < -0.4 is 10.0 Å². The standard InChI is InChI=1S/C17H15ClN6O3S/c1-10-20-15(14-5-3-4-8-19-14)22-17(21-10)23-16(25)12-7-6-11(9-13(12)18)24-28(2,26)27/h3-9,24H,1-2H3,(H,20,21,22,23,25). The van der Waals surface area contributed by atoms with E-state index in [9.17, 15) is 13.2 Å². The number of aromatic nitrogens is 4. The fourth-order valence-electron chi connectivity index (χ4n) is 2.29. The lowest BCUT2D eigenvalue weighted by Crippen LogP contribution is -2.16. The molecule has 0 saturated heterocycles. The smallest absolute Gasteiger partial charge is 0.259 e. The van der Waals surface area contributed by atoms with Crippen LogP contribution in [0.15, 0.2) is 42.6 Å². The van der Waals surface area contributed by atoms with Gasteiger partial charge in [0.2, 0.25) is 16.0 Å². The average molecular weight is 419 g/mol. The van der Waals surface area contributed by atoms with Crippen molar-refractivity contribution < 1.29 is 13.2 Å². The average Bonchev–Trinajstić information content (AvgIpc) is 2.60. The number of sulfonamides is 1. The van der Waals surface area contributed by atoms with Crippen LogP contribution in [0.4, 0.5) is 11.6 Å². The highest BCUT2D eigenvalue weighted by molar-refractivity contribution is 7.92. The monoisotopic (exact) mass is 418 g/mol. The molecule has 2 N–H and O–H groups in total. The molecule has 0 aliphatic rings. The molecular weight excluding hydrogens is 404 g/mol. The van der Waals surface area contributed by atoms with Crippen molar-refractivity contribution in [1.82, 2.24) is 19.9 Å². The van der Waals surface area contributed by atoms with Crippen LogP contribution in [0.5, 0.6) is 0 Å². The quantitative estimate of drug-likeness (QED) is 0.651. The van der Waals surface area contributed by atoms with Gasteiger partial charge in [0.25, 0.3) is 5.91 Å². The molecule has 0 saturated carbocycles. The largest absolute Gasteiger partial charge is 0.290 e. The number of carbonyl (C=O) groups is 1. The van der Waals surface area contributed by atoms with Crippen molar-refractivity contribution >= 4 is 39.2 Å². The first-order valence-corrected chi connectivity index (χ1v) is 10.2. The topological polar surface area (TPSA) is 127 Å². The highest BCUT2D eigenvalue weighted by atomic mass is 35.5. The van der Waals surface area contributed by atoms with Crippen molar-refractivity contribution in [2.45, 2.75) is 6.92 Å². The van der Waals surface area contributed by atoms with Gasteiger partial charge in [-0.15, -0.1) is 0 Å². The molecule has 11 heteroatoms. The molecule has 1 aromatic carbocycles. The molecule has 3 rings (SSSR count). The van der Waals surface area contributed by atoms with Crippen molar-refractivity contribution in [3.63, 3.8) is 0 Å². The fraction of sp³-hybridized carbons (Fsp3) is 0.118. The molecular formula is C17H15ClN6O3S. The maximum atomic E-state index is 12.5. The Bertz CT molecular complexity index is 1140. The minimum atomic E-state index is -3.45. The summed E-state index contributed by atoms with van der Waals surface area (Å²) in [6, 6.07) is 9.48. The molecule has 0 fully saturated rings. The second kappa shape index (κ2) is 7.87. The Kier molecular flexibility index (Phi) is 5.52. The minimum Gasteiger partial charge on any atom is -0.290 e. The van der Waals surface area contributed by atoms with Gasteiger partial charge in [-0.05, 0) is 37.3 Å². The van der Waals surface area contributed by atoms with Gasteiger partial charge in [-0.25, -0.2) is 13.4 Å². The van der Waals surface area contributed by atoms with E-state index in [0.717, 1.165) is 6.26 Å². The second-order valence-corrected chi connectivity index (χ2v) is 7.92. The number of amides is 1. The van der Waals surface area contributed by atoms with Gasteiger partial charge in [-0.3, -0.25) is 19.8 Å². The van der Waals surface area contributed by atoms with Crippen LogP contribution in [0.1, 0.15) is 16.2 Å². The van der Waals surface area contributed by atoms with Crippen LogP contribution in [0, 0.1) is 6.92 Å². The van der Waals surface area contributed by atoms with E-state index in [1.165, 1.54) is 18.2 Å². The molecule has 0 bridgehead atoms. The summed E-state index contributed by atoms with van der Waals surface area (Å²) in [5.41, 5.74) is 0.924. The zero-order chi connectivity index (χ0) is 20.3. The van der Waals surface area contributed by atoms with Gasteiger partial charge in [0.1, 0.15) is 11.5 Å². The highest BCUT2D eigenvalue weighted by Crippen LogP contribution is 2.22. The molecule has 28 heavy (non-hydrogen) atoms. The first-order valence-electron chi connectivity index (χ1n) is 7.94. The fourth-order valence-corrected chi connectivity index (χ4v) is 3.11. The second-order valence-electron chi connectivity index (χ2n) is 5.77. The molecule has 9 nitrogen and oxygen atoms in total. The molecule has 2 aromatic heterocycles. The van der Waals surface area contributed by atoms with E-state index in [1.807, 2.05) is 0 Å². The zero-order valence-corrected chi connectivity index (χ0v) is 16.4. The summed E-state index contributed by atoms with van der Waals surface area (Å²) in [5.74, 6) is 0.230. The number of pyridine rings is 1. The van der Waals surface area contributed by atoms with Crippen molar-refractivity contribution in [2.24, 2.45) is 0 Å². The maximum Gasteiger partial charge on any atom is 0.259 e. The minimum absolute atomic E-state index is 0.0487. The van der Waals surface area contributed by atoms with Crippen LogP contribution >= 0.6 is 11.6 Å². The Hall–Kier alpha value is -3.11. The summed E-state index contributed by atoms with van der Waals surface area (Å²) in [7, 11) is -3.45. The summed E-state index contributed by atoms with van der Waals surface area (Å²) < 4.78 is 24.9. The van der Waals surface area contributed by atoms with E-state index in [4.69, 9.17) is 11.6 Å². The predicted octanol–water partition coefficient (Wildman–Crippen LogP) is 2.52. The lowest BCUT2D eigenvalue weighted by Gasteiger charge is -2.09. The van der Waals surface area contributed by atoms with Gasteiger partial charge >= 0.3 is 0 Å². The number of benzene rings is 1. The van der Waals surface area contributed by atoms with E-state index in [-0.39, 0.29) is 22.2 Å². The number of hydrogen-bond acceptors (Lipinski definition) is 7. The number of hydrogen-bond donors (Lipinski definition) is 2. The molecule has 1 amide bonds. The van der Waals surface area contributed by atoms with Crippen LogP contribution in [0.2, 0.25) is 5.02 Å². The molecule has 0 spiro atoms. The third-order valence-electron chi connectivity index (χ3n) is 3.38. The molecule has 0 unspecified atom stereocenters. The van der Waals surface area contributed by atoms with Gasteiger partial charge in [-0.2, -0.15) is 9.97 Å². The van der Waals surface area contributed by atoms with Crippen LogP contribution in [0.3, 0.4) is 0 Å². The van der Waals surface area contributed by atoms with Gasteiger partial charge in [0.15, 0.2) is 5.82 Å². The number of nitrogens with zero attached hydrogens (tertiary/aromatic N) is 4. The van der Waals surface area contributed by atoms with E-state index < -0.39 is 15.9 Å². The molecule has 0 radical (unpaired) electrons. The number of anilines is 2. The van der Waals surface area contributed by atoms with Gasteiger partial charge in [0, 0.05) is 11.9 Å². The molecule has 144 valence electrons. The Balaban J connectivity index is 1.84. The van der Waals surface area contributed by atoms with Crippen LogP contribution in [-0.4, -0.2) is 40.5 Å². The summed E-state index contributed by atoms with van der Waals surface area (Å²) >= 11 is 6.12. The maximum absolute atomic E-state index is 12.5. The highest BCUT2D eigenvalue weighted by Gasteiger charge is 2.15. The first kappa shape index (κ1) is 19.6. The van der Waals surface area contributed by atoms with Crippen molar-refractivity contribution in [1.29, 1.82) is 0 Å². The van der Waals surface area contributed by atoms with E-state index in [1.54, 1.807) is 31.3 Å². The predicted molar refractivity (Wildman–Crippen MR) is 106 cm³/mol. The first-order chi connectivity index (χ1) is 13.2. The molecule has 0 atom stereocenters. The lowest BCUT2D eigenvalue weighted by molar-refractivity contribution is 0.102. The number of nitrogens with one attached hydrogen (secondary N) is 2. The van der Waals surface area contributed by atoms with Crippen LogP contribution in [0.25, 0.3) is 11.5 Å². The number of rotatable bonds is 5. The number of carbonyl (C=O) groups excluding carboxylic acids is 1. The summed E-state index contributed by atoms with van der Waals surface area (Å²) in [5, 5.41) is 2.64. The normalized spacial score (nSPS) is 11.1. The Morgan fingerprint density at radius 1 is 1.11 bits per heavy atom. The Morgan fingerprint density at radius 2 is 1.89 bits per heavy atom. The van der Waals surface area contributed by atoms with Crippen molar-refractivity contribution in [2.75, 3.05) is 16.3 Å². The van der Waals surface area contributed by atoms with E-state index >= 15 is 0 Å². The third-order valence-corrected chi connectivity index (χ3v) is 4.30. The third kappa shape index (κ3) is 4.99. The van der Waals surface area contributed by atoms with E-state index in [0.29, 0.717) is 17.3 Å².